The van der Waals surface area contributed by atoms with Crippen LogP contribution < -0.4 is 10.1 Å². The van der Waals surface area contributed by atoms with Crippen LogP contribution >= 0.6 is 0 Å². The molecule has 1 N–H and O–H groups in total. The van der Waals surface area contributed by atoms with Crippen molar-refractivity contribution in [3.63, 3.8) is 0 Å². The van der Waals surface area contributed by atoms with E-state index in [1.54, 1.807) is 0 Å². The van der Waals surface area contributed by atoms with Crippen molar-refractivity contribution in [3.05, 3.63) is 29.8 Å². The number of nitrogens with one attached hydrogen (secondary N) is 1. The summed E-state index contributed by atoms with van der Waals surface area (Å²) in [5.74, 6) is 1.93. The molecule has 29 heavy (non-hydrogen) atoms. The highest BCUT2D eigenvalue weighted by atomic mass is 16.5. The minimum absolute atomic E-state index is 0.612. The SMILES string of the molecule is CN=C(NCc1ccc(OCCCN(C)C)cc1)N1CCC(N2CCOCC2)C1. The first kappa shape index (κ1) is 21.9. The molecule has 162 valence electrons. The molecule has 2 fully saturated rings. The quantitative estimate of drug-likeness (QED) is 0.403. The minimum Gasteiger partial charge on any atom is -0.494 e. The van der Waals surface area contributed by atoms with Gasteiger partial charge in [-0.3, -0.25) is 9.89 Å². The first-order chi connectivity index (χ1) is 14.2. The highest BCUT2D eigenvalue weighted by Crippen LogP contribution is 2.17. The Morgan fingerprint density at radius 1 is 1.21 bits per heavy atom. The summed E-state index contributed by atoms with van der Waals surface area (Å²) in [6.45, 7) is 8.48. The highest BCUT2D eigenvalue weighted by Gasteiger charge is 2.30. The second-order valence-corrected chi connectivity index (χ2v) is 8.09. The third kappa shape index (κ3) is 6.87. The number of aliphatic imine (C=N–C) groups is 1. The normalized spacial score (nSPS) is 21.0. The maximum Gasteiger partial charge on any atom is 0.193 e. The zero-order valence-electron chi connectivity index (χ0n) is 18.3. The molecule has 0 aliphatic carbocycles. The van der Waals surface area contributed by atoms with Crippen LogP contribution in [0.25, 0.3) is 0 Å². The molecule has 7 heteroatoms. The Balaban J connectivity index is 1.41. The first-order valence-corrected chi connectivity index (χ1v) is 10.8. The van der Waals surface area contributed by atoms with E-state index >= 15 is 0 Å². The van der Waals surface area contributed by atoms with E-state index in [-0.39, 0.29) is 0 Å². The van der Waals surface area contributed by atoms with Gasteiger partial charge < -0.3 is 24.6 Å². The summed E-state index contributed by atoms with van der Waals surface area (Å²) in [5, 5.41) is 3.52. The Hall–Kier alpha value is -1.83. The monoisotopic (exact) mass is 403 g/mol. The van der Waals surface area contributed by atoms with Crippen molar-refractivity contribution in [3.8, 4) is 5.75 Å². The van der Waals surface area contributed by atoms with Crippen molar-refractivity contribution in [2.45, 2.75) is 25.4 Å². The molecular formula is C22H37N5O2. The van der Waals surface area contributed by atoms with Crippen LogP contribution in [0, 0.1) is 0 Å². The van der Waals surface area contributed by atoms with Crippen LogP contribution in [-0.2, 0) is 11.3 Å². The summed E-state index contributed by atoms with van der Waals surface area (Å²) in [7, 11) is 6.04. The lowest BCUT2D eigenvalue weighted by Crippen LogP contribution is -2.46. The molecule has 1 atom stereocenters. The van der Waals surface area contributed by atoms with Gasteiger partial charge in [-0.2, -0.15) is 0 Å². The predicted octanol–water partition coefficient (Wildman–Crippen LogP) is 1.50. The molecule has 1 aromatic carbocycles. The van der Waals surface area contributed by atoms with Crippen molar-refractivity contribution in [2.24, 2.45) is 4.99 Å². The van der Waals surface area contributed by atoms with Gasteiger partial charge in [0.2, 0.25) is 0 Å². The molecule has 0 radical (unpaired) electrons. The third-order valence-electron chi connectivity index (χ3n) is 5.63. The number of rotatable bonds is 8. The van der Waals surface area contributed by atoms with Crippen LogP contribution in [0.15, 0.2) is 29.3 Å². The van der Waals surface area contributed by atoms with Gasteiger partial charge in [-0.25, -0.2) is 0 Å². The Kier molecular flexibility index (Phi) is 8.58. The lowest BCUT2D eigenvalue weighted by molar-refractivity contribution is 0.0195. The van der Waals surface area contributed by atoms with E-state index in [2.05, 4.69) is 63.4 Å². The van der Waals surface area contributed by atoms with Crippen LogP contribution in [-0.4, -0.2) is 100 Å². The summed E-state index contributed by atoms with van der Waals surface area (Å²) in [6.07, 6.45) is 2.23. The van der Waals surface area contributed by atoms with Gasteiger partial charge in [0.15, 0.2) is 5.96 Å². The number of hydrogen-bond donors (Lipinski definition) is 1. The number of guanidine groups is 1. The van der Waals surface area contributed by atoms with Crippen molar-refractivity contribution in [1.29, 1.82) is 0 Å². The maximum absolute atomic E-state index is 5.82. The number of ether oxygens (including phenoxy) is 2. The molecule has 3 rings (SSSR count). The average molecular weight is 404 g/mol. The van der Waals surface area contributed by atoms with E-state index in [1.165, 1.54) is 12.0 Å². The van der Waals surface area contributed by atoms with Gasteiger partial charge in [-0.15, -0.1) is 0 Å². The van der Waals surface area contributed by atoms with Gasteiger partial charge in [-0.1, -0.05) is 12.1 Å². The third-order valence-corrected chi connectivity index (χ3v) is 5.63. The van der Waals surface area contributed by atoms with Crippen molar-refractivity contribution < 1.29 is 9.47 Å². The van der Waals surface area contributed by atoms with Crippen LogP contribution in [0.5, 0.6) is 5.75 Å². The lowest BCUT2D eigenvalue weighted by Gasteiger charge is -2.32. The van der Waals surface area contributed by atoms with Crippen molar-refractivity contribution in [1.82, 2.24) is 20.0 Å². The van der Waals surface area contributed by atoms with E-state index in [9.17, 15) is 0 Å². The summed E-state index contributed by atoms with van der Waals surface area (Å²) in [5.41, 5.74) is 1.23. The Morgan fingerprint density at radius 2 is 1.97 bits per heavy atom. The standard InChI is InChI=1S/C22H37N5O2/c1-23-22(27-11-9-20(18-27)26-12-15-28-16-13-26)24-17-19-5-7-21(8-6-19)29-14-4-10-25(2)3/h5-8,20H,4,9-18H2,1-3H3,(H,23,24). The second-order valence-electron chi connectivity index (χ2n) is 8.09. The van der Waals surface area contributed by atoms with E-state index in [0.29, 0.717) is 6.04 Å². The number of hydrogen-bond acceptors (Lipinski definition) is 5. The molecule has 1 aromatic rings. The van der Waals surface area contributed by atoms with Crippen LogP contribution in [0.4, 0.5) is 0 Å². The summed E-state index contributed by atoms with van der Waals surface area (Å²) >= 11 is 0. The van der Waals surface area contributed by atoms with Crippen molar-refractivity contribution >= 4 is 5.96 Å². The van der Waals surface area contributed by atoms with Crippen LogP contribution in [0.2, 0.25) is 0 Å². The first-order valence-electron chi connectivity index (χ1n) is 10.8. The van der Waals surface area contributed by atoms with Crippen LogP contribution in [0.3, 0.4) is 0 Å². The van der Waals surface area contributed by atoms with Gasteiger partial charge in [0.05, 0.1) is 19.8 Å². The fourth-order valence-corrected chi connectivity index (χ4v) is 3.96. The van der Waals surface area contributed by atoms with E-state index in [4.69, 9.17) is 9.47 Å². The maximum atomic E-state index is 5.82. The molecule has 0 amide bonds. The van der Waals surface area contributed by atoms with Crippen LogP contribution in [0.1, 0.15) is 18.4 Å². The molecule has 0 bridgehead atoms. The largest absolute Gasteiger partial charge is 0.494 e. The fourth-order valence-electron chi connectivity index (χ4n) is 3.96. The number of likely N-dealkylation sites (tertiary alicyclic amines) is 1. The zero-order valence-corrected chi connectivity index (χ0v) is 18.3. The smallest absolute Gasteiger partial charge is 0.193 e. The topological polar surface area (TPSA) is 52.6 Å². The van der Waals surface area contributed by atoms with E-state index < -0.39 is 0 Å². The van der Waals surface area contributed by atoms with E-state index in [1.807, 2.05) is 7.05 Å². The second kappa shape index (κ2) is 11.4. The molecule has 2 saturated heterocycles. The molecule has 7 nitrogen and oxygen atoms in total. The molecule has 1 unspecified atom stereocenters. The fraction of sp³-hybridized carbons (Fsp3) is 0.682. The van der Waals surface area contributed by atoms with Crippen molar-refractivity contribution in [2.75, 3.05) is 73.7 Å². The molecule has 2 heterocycles. The molecule has 0 aromatic heterocycles. The summed E-state index contributed by atoms with van der Waals surface area (Å²) < 4.78 is 11.3. The summed E-state index contributed by atoms with van der Waals surface area (Å²) in [6, 6.07) is 8.98. The van der Waals surface area contributed by atoms with Gasteiger partial charge in [0, 0.05) is 52.4 Å². The van der Waals surface area contributed by atoms with E-state index in [0.717, 1.165) is 77.2 Å². The molecule has 2 aliphatic rings. The lowest BCUT2D eigenvalue weighted by atomic mass is 10.2. The predicted molar refractivity (Wildman–Crippen MR) is 118 cm³/mol. The molecule has 0 spiro atoms. The van der Waals surface area contributed by atoms with Gasteiger partial charge in [-0.05, 0) is 44.6 Å². The average Bonchev–Trinajstić information content (AvgIpc) is 3.23. The molecule has 0 saturated carbocycles. The molecule has 2 aliphatic heterocycles. The highest BCUT2D eigenvalue weighted by molar-refractivity contribution is 5.80. The van der Waals surface area contributed by atoms with Gasteiger partial charge >= 0.3 is 0 Å². The Labute approximate surface area is 175 Å². The molecular weight excluding hydrogens is 366 g/mol. The Bertz CT molecular complexity index is 629. The number of morpholine rings is 1. The zero-order chi connectivity index (χ0) is 20.5. The van der Waals surface area contributed by atoms with Gasteiger partial charge in [0.25, 0.3) is 0 Å². The van der Waals surface area contributed by atoms with Gasteiger partial charge in [0.1, 0.15) is 5.75 Å². The number of nitrogens with zero attached hydrogens (tertiary/aromatic N) is 4. The summed E-state index contributed by atoms with van der Waals surface area (Å²) in [4.78, 5) is 11.6. The minimum atomic E-state index is 0.612. The Morgan fingerprint density at radius 3 is 2.66 bits per heavy atom. The number of benzene rings is 1.